The van der Waals surface area contributed by atoms with Gasteiger partial charge in [-0.15, -0.1) is 0 Å². The molecule has 0 saturated carbocycles. The number of nitrogen functional groups attached to an aromatic ring is 1. The number of aromatic nitrogens is 2. The van der Waals surface area contributed by atoms with E-state index in [2.05, 4.69) is 25.9 Å². The first-order valence-electron chi connectivity index (χ1n) is 5.89. The minimum Gasteiger partial charge on any atom is -0.399 e. The summed E-state index contributed by atoms with van der Waals surface area (Å²) in [6.45, 7) is 0. The van der Waals surface area contributed by atoms with Gasteiger partial charge in [0.1, 0.15) is 5.65 Å². The highest BCUT2D eigenvalue weighted by Gasteiger charge is 2.19. The SMILES string of the molecule is Nc1cc(Cl)c(Cl)c(C(=O)c2c[nH]c3ncc(Br)cc23)c1. The molecule has 21 heavy (non-hydrogen) atoms. The van der Waals surface area contributed by atoms with Crippen LogP contribution < -0.4 is 5.73 Å². The average Bonchev–Trinajstić information content (AvgIpc) is 2.85. The van der Waals surface area contributed by atoms with Crippen molar-refractivity contribution >= 4 is 61.6 Å². The molecule has 0 spiro atoms. The number of aromatic amines is 1. The smallest absolute Gasteiger partial charge is 0.196 e. The summed E-state index contributed by atoms with van der Waals surface area (Å²) < 4.78 is 0.778. The Morgan fingerprint density at radius 2 is 2.00 bits per heavy atom. The zero-order chi connectivity index (χ0) is 15.1. The third kappa shape index (κ3) is 2.52. The Kier molecular flexibility index (Phi) is 3.65. The Balaban J connectivity index is 2.19. The number of fused-ring (bicyclic) bond motifs is 1. The average molecular weight is 385 g/mol. The minimum absolute atomic E-state index is 0.188. The second kappa shape index (κ2) is 5.33. The third-order valence-electron chi connectivity index (χ3n) is 3.04. The standard InChI is InChI=1S/C14H8BrCl2N3O/c15-6-1-8-10(5-20-14(8)19-4-6)13(21)9-2-7(18)3-11(16)12(9)17/h1-5H,18H2,(H,19,20). The van der Waals surface area contributed by atoms with Crippen molar-refractivity contribution in [1.29, 1.82) is 0 Å². The lowest BCUT2D eigenvalue weighted by atomic mass is 10.0. The fourth-order valence-electron chi connectivity index (χ4n) is 2.09. The lowest BCUT2D eigenvalue weighted by molar-refractivity contribution is 0.104. The van der Waals surface area contributed by atoms with Gasteiger partial charge in [0, 0.05) is 39.1 Å². The first-order valence-corrected chi connectivity index (χ1v) is 7.44. The predicted molar refractivity (Wildman–Crippen MR) is 88.1 cm³/mol. The molecule has 0 atom stereocenters. The molecule has 2 heterocycles. The van der Waals surface area contributed by atoms with Gasteiger partial charge >= 0.3 is 0 Å². The largest absolute Gasteiger partial charge is 0.399 e. The molecule has 0 saturated heterocycles. The molecule has 0 amide bonds. The molecule has 3 N–H and O–H groups in total. The number of benzene rings is 1. The van der Waals surface area contributed by atoms with Crippen molar-refractivity contribution < 1.29 is 4.79 Å². The number of hydrogen-bond donors (Lipinski definition) is 2. The van der Waals surface area contributed by atoms with Gasteiger partial charge in [0.05, 0.1) is 10.0 Å². The second-order valence-corrected chi connectivity index (χ2v) is 6.15. The van der Waals surface area contributed by atoms with Crippen LogP contribution in [0.1, 0.15) is 15.9 Å². The van der Waals surface area contributed by atoms with Crippen LogP contribution in [0.3, 0.4) is 0 Å². The van der Waals surface area contributed by atoms with Crippen LogP contribution in [0.5, 0.6) is 0 Å². The van der Waals surface area contributed by atoms with Gasteiger partial charge in [-0.2, -0.15) is 0 Å². The number of ketones is 1. The number of H-pyrrole nitrogens is 1. The molecular formula is C14H8BrCl2N3O. The van der Waals surface area contributed by atoms with Gasteiger partial charge in [-0.3, -0.25) is 4.79 Å². The second-order valence-electron chi connectivity index (χ2n) is 4.45. The Bertz CT molecular complexity index is 876. The summed E-state index contributed by atoms with van der Waals surface area (Å²) in [5, 5.41) is 1.14. The monoisotopic (exact) mass is 383 g/mol. The van der Waals surface area contributed by atoms with E-state index < -0.39 is 0 Å². The van der Waals surface area contributed by atoms with Crippen molar-refractivity contribution in [2.24, 2.45) is 0 Å². The van der Waals surface area contributed by atoms with E-state index in [1.807, 2.05) is 6.07 Å². The lowest BCUT2D eigenvalue weighted by Crippen LogP contribution is -2.03. The number of hydrogen-bond acceptors (Lipinski definition) is 3. The maximum atomic E-state index is 12.7. The summed E-state index contributed by atoms with van der Waals surface area (Å²) in [5.74, 6) is -0.264. The first-order chi connectivity index (χ1) is 9.97. The van der Waals surface area contributed by atoms with Crippen LogP contribution in [0, 0.1) is 0 Å². The number of carbonyl (C=O) groups is 1. The highest BCUT2D eigenvalue weighted by Crippen LogP contribution is 2.32. The zero-order valence-electron chi connectivity index (χ0n) is 10.5. The molecule has 0 fully saturated rings. The third-order valence-corrected chi connectivity index (χ3v) is 4.27. The van der Waals surface area contributed by atoms with Crippen LogP contribution in [0.4, 0.5) is 5.69 Å². The van der Waals surface area contributed by atoms with Gasteiger partial charge in [0.15, 0.2) is 5.78 Å². The molecular weight excluding hydrogens is 377 g/mol. The van der Waals surface area contributed by atoms with E-state index in [-0.39, 0.29) is 21.4 Å². The Labute approximate surface area is 138 Å². The maximum Gasteiger partial charge on any atom is 0.196 e. The molecule has 0 aliphatic heterocycles. The highest BCUT2D eigenvalue weighted by atomic mass is 79.9. The van der Waals surface area contributed by atoms with Crippen LogP contribution in [-0.4, -0.2) is 15.8 Å². The molecule has 3 aromatic rings. The van der Waals surface area contributed by atoms with E-state index in [4.69, 9.17) is 28.9 Å². The van der Waals surface area contributed by atoms with Gasteiger partial charge < -0.3 is 10.7 Å². The van der Waals surface area contributed by atoms with E-state index in [1.165, 1.54) is 12.1 Å². The number of anilines is 1. The van der Waals surface area contributed by atoms with Crippen molar-refractivity contribution in [2.75, 3.05) is 5.73 Å². The van der Waals surface area contributed by atoms with E-state index in [0.29, 0.717) is 22.3 Å². The van der Waals surface area contributed by atoms with Gasteiger partial charge in [-0.25, -0.2) is 4.98 Å². The normalized spacial score (nSPS) is 11.0. The molecule has 7 heteroatoms. The Morgan fingerprint density at radius 1 is 1.24 bits per heavy atom. The van der Waals surface area contributed by atoms with Gasteiger partial charge in [0.25, 0.3) is 0 Å². The molecule has 3 rings (SSSR count). The molecule has 0 radical (unpaired) electrons. The lowest BCUT2D eigenvalue weighted by Gasteiger charge is -2.06. The number of halogens is 3. The van der Waals surface area contributed by atoms with E-state index in [1.54, 1.807) is 12.4 Å². The molecule has 106 valence electrons. The summed E-state index contributed by atoms with van der Waals surface area (Å²) in [4.78, 5) is 19.8. The molecule has 0 aliphatic rings. The Hall–Kier alpha value is -1.56. The van der Waals surface area contributed by atoms with Crippen LogP contribution in [0.2, 0.25) is 10.0 Å². The summed E-state index contributed by atoms with van der Waals surface area (Å²) in [6.07, 6.45) is 3.25. The molecule has 0 unspecified atom stereocenters. The van der Waals surface area contributed by atoms with Crippen molar-refractivity contribution in [2.45, 2.75) is 0 Å². The van der Waals surface area contributed by atoms with E-state index in [9.17, 15) is 4.79 Å². The minimum atomic E-state index is -0.264. The maximum absolute atomic E-state index is 12.7. The number of carbonyl (C=O) groups excluding carboxylic acids is 1. The fourth-order valence-corrected chi connectivity index (χ4v) is 2.84. The number of pyridine rings is 1. The van der Waals surface area contributed by atoms with Crippen LogP contribution >= 0.6 is 39.1 Å². The van der Waals surface area contributed by atoms with Crippen molar-refractivity contribution in [3.05, 3.63) is 56.2 Å². The van der Waals surface area contributed by atoms with Gasteiger partial charge in [0.2, 0.25) is 0 Å². The van der Waals surface area contributed by atoms with Crippen molar-refractivity contribution in [1.82, 2.24) is 9.97 Å². The van der Waals surface area contributed by atoms with E-state index in [0.717, 1.165) is 4.47 Å². The number of nitrogens with zero attached hydrogens (tertiary/aromatic N) is 1. The zero-order valence-corrected chi connectivity index (χ0v) is 13.6. The quantitative estimate of drug-likeness (QED) is 0.506. The summed E-state index contributed by atoms with van der Waals surface area (Å²) in [7, 11) is 0. The molecule has 1 aromatic carbocycles. The number of nitrogens with one attached hydrogen (secondary N) is 1. The highest BCUT2D eigenvalue weighted by molar-refractivity contribution is 9.10. The molecule has 4 nitrogen and oxygen atoms in total. The van der Waals surface area contributed by atoms with Gasteiger partial charge in [-0.05, 0) is 34.1 Å². The fraction of sp³-hybridized carbons (Fsp3) is 0. The molecule has 2 aromatic heterocycles. The Morgan fingerprint density at radius 3 is 2.76 bits per heavy atom. The van der Waals surface area contributed by atoms with Crippen LogP contribution in [0.25, 0.3) is 11.0 Å². The molecule has 0 aliphatic carbocycles. The summed E-state index contributed by atoms with van der Waals surface area (Å²) >= 11 is 15.4. The summed E-state index contributed by atoms with van der Waals surface area (Å²) in [6, 6.07) is 4.84. The van der Waals surface area contributed by atoms with E-state index >= 15 is 0 Å². The topological polar surface area (TPSA) is 71.8 Å². The van der Waals surface area contributed by atoms with Crippen LogP contribution in [0.15, 0.2) is 35.1 Å². The molecule has 0 bridgehead atoms. The van der Waals surface area contributed by atoms with Crippen molar-refractivity contribution in [3.8, 4) is 0 Å². The summed E-state index contributed by atoms with van der Waals surface area (Å²) in [5.41, 5.74) is 7.46. The van der Waals surface area contributed by atoms with Crippen molar-refractivity contribution in [3.63, 3.8) is 0 Å². The number of nitrogens with two attached hydrogens (primary N) is 1. The van der Waals surface area contributed by atoms with Gasteiger partial charge in [-0.1, -0.05) is 23.2 Å². The van der Waals surface area contributed by atoms with Crippen LogP contribution in [-0.2, 0) is 0 Å². The number of rotatable bonds is 2. The first kappa shape index (κ1) is 14.4. The predicted octanol–water partition coefficient (Wildman–Crippen LogP) is 4.45.